The van der Waals surface area contributed by atoms with Crippen LogP contribution < -0.4 is 10.1 Å². The van der Waals surface area contributed by atoms with Gasteiger partial charge >= 0.3 is 0 Å². The number of ether oxygens (including phenoxy) is 1. The van der Waals surface area contributed by atoms with Gasteiger partial charge in [-0.3, -0.25) is 9.36 Å². The molecule has 0 saturated heterocycles. The van der Waals surface area contributed by atoms with Crippen LogP contribution in [0.4, 0.5) is 5.69 Å². The second-order valence-electron chi connectivity index (χ2n) is 5.65. The Kier molecular flexibility index (Phi) is 6.72. The molecule has 3 rings (SSSR count). The predicted octanol–water partition coefficient (Wildman–Crippen LogP) is 5.36. The van der Waals surface area contributed by atoms with Crippen molar-refractivity contribution >= 4 is 58.2 Å². The number of thioether (sulfide) groups is 1. The lowest BCUT2D eigenvalue weighted by Crippen LogP contribution is -2.23. The van der Waals surface area contributed by atoms with Gasteiger partial charge in [-0.1, -0.05) is 58.7 Å². The van der Waals surface area contributed by atoms with E-state index in [1.807, 2.05) is 24.3 Å². The molecular formula is C18H15Cl3N4O2S. The molecule has 6 nitrogen and oxygen atoms in total. The van der Waals surface area contributed by atoms with Gasteiger partial charge in [-0.05, 0) is 31.2 Å². The van der Waals surface area contributed by atoms with Crippen molar-refractivity contribution in [3.05, 3.63) is 57.8 Å². The van der Waals surface area contributed by atoms with Crippen molar-refractivity contribution in [3.8, 4) is 11.4 Å². The first-order valence-electron chi connectivity index (χ1n) is 8.06. The lowest BCUT2D eigenvalue weighted by molar-refractivity contribution is -0.115. The molecule has 0 aliphatic rings. The van der Waals surface area contributed by atoms with Gasteiger partial charge in [-0.15, -0.1) is 10.2 Å². The third kappa shape index (κ3) is 4.55. The number of anilines is 1. The number of hydrogen-bond acceptors (Lipinski definition) is 5. The first kappa shape index (κ1) is 20.8. The number of benzene rings is 2. The molecule has 146 valence electrons. The van der Waals surface area contributed by atoms with E-state index in [4.69, 9.17) is 39.5 Å². The van der Waals surface area contributed by atoms with Gasteiger partial charge in [-0.25, -0.2) is 0 Å². The van der Waals surface area contributed by atoms with Crippen LogP contribution in [0.2, 0.25) is 15.1 Å². The van der Waals surface area contributed by atoms with Gasteiger partial charge in [0.05, 0.1) is 33.8 Å². The van der Waals surface area contributed by atoms with Gasteiger partial charge < -0.3 is 10.1 Å². The molecule has 0 aliphatic heterocycles. The topological polar surface area (TPSA) is 69.0 Å². The number of rotatable bonds is 6. The van der Waals surface area contributed by atoms with Crippen molar-refractivity contribution in [2.24, 2.45) is 0 Å². The molecule has 1 heterocycles. The second kappa shape index (κ2) is 9.05. The van der Waals surface area contributed by atoms with E-state index in [-0.39, 0.29) is 16.0 Å². The lowest BCUT2D eigenvalue weighted by atomic mass is 10.3. The Morgan fingerprint density at radius 3 is 2.57 bits per heavy atom. The number of para-hydroxylation sites is 2. The summed E-state index contributed by atoms with van der Waals surface area (Å²) in [6, 6.07) is 10.5. The minimum atomic E-state index is -0.500. The fourth-order valence-electron chi connectivity index (χ4n) is 2.40. The van der Waals surface area contributed by atoms with Gasteiger partial charge in [0.2, 0.25) is 5.91 Å². The van der Waals surface area contributed by atoms with Crippen molar-refractivity contribution in [3.63, 3.8) is 0 Å². The van der Waals surface area contributed by atoms with E-state index < -0.39 is 5.25 Å². The predicted molar refractivity (Wildman–Crippen MR) is 113 cm³/mol. The monoisotopic (exact) mass is 456 g/mol. The first-order chi connectivity index (χ1) is 13.4. The molecule has 0 bridgehead atoms. The summed E-state index contributed by atoms with van der Waals surface area (Å²) in [5, 5.41) is 11.8. The summed E-state index contributed by atoms with van der Waals surface area (Å²) in [6.45, 7) is 1.75. The molecule has 1 aromatic heterocycles. The zero-order valence-corrected chi connectivity index (χ0v) is 17.9. The Bertz CT molecular complexity index is 989. The Hall–Kier alpha value is -1.93. The van der Waals surface area contributed by atoms with E-state index in [9.17, 15) is 4.79 Å². The van der Waals surface area contributed by atoms with Crippen LogP contribution in [0.3, 0.4) is 0 Å². The Labute approximate surface area is 181 Å². The number of aromatic nitrogens is 3. The zero-order valence-electron chi connectivity index (χ0n) is 14.8. The molecular weight excluding hydrogens is 443 g/mol. The summed E-state index contributed by atoms with van der Waals surface area (Å²) < 4.78 is 7.15. The zero-order chi connectivity index (χ0) is 20.3. The van der Waals surface area contributed by atoms with Gasteiger partial charge in [0.1, 0.15) is 12.1 Å². The summed E-state index contributed by atoms with van der Waals surface area (Å²) in [5.41, 5.74) is 1.09. The molecule has 1 unspecified atom stereocenters. The van der Waals surface area contributed by atoms with Crippen LogP contribution in [0.15, 0.2) is 47.9 Å². The van der Waals surface area contributed by atoms with E-state index in [0.717, 1.165) is 5.69 Å². The molecule has 1 N–H and O–H groups in total. The molecule has 0 saturated carbocycles. The number of amides is 1. The number of carbonyl (C=O) groups excluding carboxylic acids is 1. The molecule has 28 heavy (non-hydrogen) atoms. The van der Waals surface area contributed by atoms with E-state index in [1.165, 1.54) is 23.9 Å². The first-order valence-corrected chi connectivity index (χ1v) is 10.1. The maximum absolute atomic E-state index is 12.6. The van der Waals surface area contributed by atoms with Crippen molar-refractivity contribution in [1.82, 2.24) is 14.8 Å². The lowest BCUT2D eigenvalue weighted by Gasteiger charge is -2.15. The van der Waals surface area contributed by atoms with Gasteiger partial charge in [-0.2, -0.15) is 0 Å². The normalized spacial score (nSPS) is 11.9. The van der Waals surface area contributed by atoms with Crippen LogP contribution in [0.1, 0.15) is 6.92 Å². The van der Waals surface area contributed by atoms with E-state index in [0.29, 0.717) is 21.6 Å². The van der Waals surface area contributed by atoms with Crippen LogP contribution in [0.25, 0.3) is 5.69 Å². The summed E-state index contributed by atoms with van der Waals surface area (Å²) in [5.74, 6) is 0.381. The summed E-state index contributed by atoms with van der Waals surface area (Å²) in [6.07, 6.45) is 1.57. The average molecular weight is 458 g/mol. The van der Waals surface area contributed by atoms with Crippen molar-refractivity contribution in [1.29, 1.82) is 0 Å². The van der Waals surface area contributed by atoms with Crippen LogP contribution in [0.5, 0.6) is 5.75 Å². The molecule has 0 radical (unpaired) electrons. The second-order valence-corrected chi connectivity index (χ2v) is 8.21. The van der Waals surface area contributed by atoms with Crippen LogP contribution >= 0.6 is 46.6 Å². The van der Waals surface area contributed by atoms with Crippen LogP contribution in [0, 0.1) is 0 Å². The number of nitrogens with zero attached hydrogens (tertiary/aromatic N) is 3. The highest BCUT2D eigenvalue weighted by molar-refractivity contribution is 8.00. The third-order valence-electron chi connectivity index (χ3n) is 3.77. The number of methoxy groups -OCH3 is 1. The molecule has 1 amide bonds. The van der Waals surface area contributed by atoms with Gasteiger partial charge in [0, 0.05) is 5.02 Å². The van der Waals surface area contributed by atoms with Crippen LogP contribution in [-0.2, 0) is 4.79 Å². The third-order valence-corrected chi connectivity index (χ3v) is 5.64. The van der Waals surface area contributed by atoms with Crippen molar-refractivity contribution in [2.75, 3.05) is 12.4 Å². The SMILES string of the molecule is COc1ccccc1-n1cnnc1SC(C)C(=O)Nc1c(Cl)cc(Cl)cc1Cl. The number of hydrogen-bond donors (Lipinski definition) is 1. The molecule has 0 aliphatic carbocycles. The number of nitrogens with one attached hydrogen (secondary N) is 1. The van der Waals surface area contributed by atoms with E-state index in [1.54, 1.807) is 24.9 Å². The maximum atomic E-state index is 12.6. The molecule has 3 aromatic rings. The summed E-state index contributed by atoms with van der Waals surface area (Å²) in [7, 11) is 1.59. The minimum absolute atomic E-state index is 0.264. The molecule has 2 aromatic carbocycles. The molecule has 10 heteroatoms. The largest absolute Gasteiger partial charge is 0.495 e. The van der Waals surface area contributed by atoms with Gasteiger partial charge in [0.25, 0.3) is 0 Å². The highest BCUT2D eigenvalue weighted by Crippen LogP contribution is 2.35. The quantitative estimate of drug-likeness (QED) is 0.505. The standard InChI is InChI=1S/C18H15Cl3N4O2S/c1-10(17(26)23-16-12(20)7-11(19)8-13(16)21)28-18-24-22-9-25(18)14-5-3-4-6-15(14)27-2/h3-10H,1-2H3,(H,23,26). The number of carbonyl (C=O) groups is 1. The van der Waals surface area contributed by atoms with Crippen molar-refractivity contribution in [2.45, 2.75) is 17.3 Å². The molecule has 0 fully saturated rings. The maximum Gasteiger partial charge on any atom is 0.237 e. The number of halogens is 3. The Morgan fingerprint density at radius 1 is 1.21 bits per heavy atom. The fraction of sp³-hybridized carbons (Fsp3) is 0.167. The summed E-state index contributed by atoms with van der Waals surface area (Å²) >= 11 is 19.4. The average Bonchev–Trinajstić information content (AvgIpc) is 3.12. The minimum Gasteiger partial charge on any atom is -0.495 e. The van der Waals surface area contributed by atoms with E-state index >= 15 is 0 Å². The molecule has 0 spiro atoms. The highest BCUT2D eigenvalue weighted by atomic mass is 35.5. The Morgan fingerprint density at radius 2 is 1.89 bits per heavy atom. The van der Waals surface area contributed by atoms with E-state index in [2.05, 4.69) is 15.5 Å². The smallest absolute Gasteiger partial charge is 0.237 e. The highest BCUT2D eigenvalue weighted by Gasteiger charge is 2.21. The Balaban J connectivity index is 1.78. The fourth-order valence-corrected chi connectivity index (χ4v) is 4.14. The van der Waals surface area contributed by atoms with Crippen molar-refractivity contribution < 1.29 is 9.53 Å². The summed E-state index contributed by atoms with van der Waals surface area (Å²) in [4.78, 5) is 12.6. The van der Waals surface area contributed by atoms with Crippen LogP contribution in [-0.4, -0.2) is 33.0 Å². The molecule has 1 atom stereocenters. The van der Waals surface area contributed by atoms with Gasteiger partial charge in [0.15, 0.2) is 5.16 Å².